The molecule has 2 aliphatic carbocycles. The lowest BCUT2D eigenvalue weighted by atomic mass is 9.82. The Morgan fingerprint density at radius 3 is 2.92 bits per heavy atom. The van der Waals surface area contributed by atoms with Crippen LogP contribution < -0.4 is 9.64 Å². The number of hydrogen-bond donors (Lipinski definition) is 0. The number of ether oxygens (including phenoxy) is 1. The molecule has 6 nitrogen and oxygen atoms in total. The van der Waals surface area contributed by atoms with E-state index in [0.29, 0.717) is 18.4 Å². The monoisotopic (exact) mass is 361 g/mol. The zero-order valence-electron chi connectivity index (χ0n) is 13.9. The molecule has 8 heteroatoms. The highest BCUT2D eigenvalue weighted by molar-refractivity contribution is 7.09. The summed E-state index contributed by atoms with van der Waals surface area (Å²) in [5, 5.41) is 1.05. The quantitative estimate of drug-likeness (QED) is 0.816. The summed E-state index contributed by atoms with van der Waals surface area (Å²) >= 11 is 1.53. The number of halogens is 1. The Hall–Kier alpha value is -1.83. The van der Waals surface area contributed by atoms with Gasteiger partial charge in [0.05, 0.1) is 19.0 Å². The van der Waals surface area contributed by atoms with Crippen molar-refractivity contribution in [2.75, 3.05) is 24.6 Å². The average Bonchev–Trinajstić information content (AvgIpc) is 3.05. The second-order valence-electron chi connectivity index (χ2n) is 7.51. The van der Waals surface area contributed by atoms with Crippen LogP contribution in [0.1, 0.15) is 43.8 Å². The molecule has 0 radical (unpaired) electrons. The molecule has 2 aromatic heterocycles. The summed E-state index contributed by atoms with van der Waals surface area (Å²) in [7, 11) is 0. The van der Waals surface area contributed by atoms with Crippen LogP contribution in [0, 0.1) is 17.2 Å². The Bertz CT molecular complexity index is 765. The van der Waals surface area contributed by atoms with Gasteiger partial charge in [-0.2, -0.15) is 4.37 Å². The van der Waals surface area contributed by atoms with Gasteiger partial charge in [-0.05, 0) is 31.6 Å². The van der Waals surface area contributed by atoms with Gasteiger partial charge < -0.3 is 9.64 Å². The van der Waals surface area contributed by atoms with Crippen LogP contribution in [0.2, 0.25) is 0 Å². The standard InChI is InChI=1S/C17H20FN5OS/c18-13-6-19-15(20-7-13)24-10-17-5-1-2-12(17)8-23(9-17)16-21-14(22-25-16)11-3-4-11/h6-7,11-12H,1-5,8-10H2. The summed E-state index contributed by atoms with van der Waals surface area (Å²) < 4.78 is 23.3. The topological polar surface area (TPSA) is 64.0 Å². The van der Waals surface area contributed by atoms with Crippen molar-refractivity contribution in [2.24, 2.45) is 11.3 Å². The van der Waals surface area contributed by atoms with Crippen LogP contribution in [0.15, 0.2) is 12.4 Å². The van der Waals surface area contributed by atoms with E-state index in [0.717, 1.165) is 42.9 Å². The molecule has 2 unspecified atom stereocenters. The second-order valence-corrected chi connectivity index (χ2v) is 8.24. The molecule has 0 N–H and O–H groups in total. The number of anilines is 1. The molecule has 3 heterocycles. The van der Waals surface area contributed by atoms with E-state index in [2.05, 4.69) is 19.2 Å². The molecule has 1 aliphatic heterocycles. The third-order valence-electron chi connectivity index (χ3n) is 5.77. The van der Waals surface area contributed by atoms with Crippen molar-refractivity contribution >= 4 is 16.7 Å². The molecule has 2 aromatic rings. The zero-order valence-corrected chi connectivity index (χ0v) is 14.7. The van der Waals surface area contributed by atoms with Crippen LogP contribution in [-0.4, -0.2) is 39.0 Å². The van der Waals surface area contributed by atoms with Gasteiger partial charge in [-0.3, -0.25) is 0 Å². The Morgan fingerprint density at radius 2 is 2.12 bits per heavy atom. The number of rotatable bonds is 5. The molecule has 3 fully saturated rings. The van der Waals surface area contributed by atoms with E-state index >= 15 is 0 Å². The van der Waals surface area contributed by atoms with Gasteiger partial charge >= 0.3 is 6.01 Å². The summed E-state index contributed by atoms with van der Waals surface area (Å²) in [6.07, 6.45) is 8.35. The van der Waals surface area contributed by atoms with Crippen LogP contribution >= 0.6 is 11.5 Å². The van der Waals surface area contributed by atoms with Gasteiger partial charge in [-0.25, -0.2) is 19.3 Å². The lowest BCUT2D eigenvalue weighted by Crippen LogP contribution is -2.34. The van der Waals surface area contributed by atoms with Gasteiger partial charge in [0, 0.05) is 36.0 Å². The fraction of sp³-hybridized carbons (Fsp3) is 0.647. The van der Waals surface area contributed by atoms with Crippen molar-refractivity contribution in [3.8, 4) is 6.01 Å². The van der Waals surface area contributed by atoms with E-state index in [9.17, 15) is 4.39 Å². The maximum absolute atomic E-state index is 12.9. The molecule has 2 atom stereocenters. The molecular weight excluding hydrogens is 341 g/mol. The molecule has 0 aromatic carbocycles. The maximum Gasteiger partial charge on any atom is 0.316 e. The van der Waals surface area contributed by atoms with Crippen LogP contribution in [0.5, 0.6) is 6.01 Å². The lowest BCUT2D eigenvalue weighted by molar-refractivity contribution is 0.130. The lowest BCUT2D eigenvalue weighted by Gasteiger charge is -2.27. The van der Waals surface area contributed by atoms with Crippen LogP contribution in [-0.2, 0) is 0 Å². The van der Waals surface area contributed by atoms with E-state index in [-0.39, 0.29) is 11.4 Å². The molecule has 0 bridgehead atoms. The van der Waals surface area contributed by atoms with Crippen LogP contribution in [0.4, 0.5) is 9.52 Å². The van der Waals surface area contributed by atoms with Crippen LogP contribution in [0.25, 0.3) is 0 Å². The van der Waals surface area contributed by atoms with Gasteiger partial charge in [0.2, 0.25) is 5.13 Å². The number of aromatic nitrogens is 4. The van der Waals surface area contributed by atoms with E-state index in [1.807, 2.05) is 0 Å². The van der Waals surface area contributed by atoms with Crippen molar-refractivity contribution in [3.63, 3.8) is 0 Å². The van der Waals surface area contributed by atoms with Gasteiger partial charge in [-0.1, -0.05) is 6.42 Å². The zero-order chi connectivity index (χ0) is 16.9. The molecule has 1 saturated heterocycles. The van der Waals surface area contributed by atoms with Crippen molar-refractivity contribution in [1.82, 2.24) is 19.3 Å². The minimum absolute atomic E-state index is 0.114. The maximum atomic E-state index is 12.9. The smallest absolute Gasteiger partial charge is 0.316 e. The van der Waals surface area contributed by atoms with Gasteiger partial charge in [0.1, 0.15) is 5.82 Å². The predicted molar refractivity (Wildman–Crippen MR) is 91.4 cm³/mol. The Morgan fingerprint density at radius 1 is 1.28 bits per heavy atom. The van der Waals surface area contributed by atoms with Crippen molar-refractivity contribution in [2.45, 2.75) is 38.0 Å². The van der Waals surface area contributed by atoms with E-state index in [1.165, 1.54) is 37.2 Å². The molecule has 5 rings (SSSR count). The molecule has 0 amide bonds. The molecule has 25 heavy (non-hydrogen) atoms. The average molecular weight is 361 g/mol. The minimum atomic E-state index is -0.445. The first-order valence-corrected chi connectivity index (χ1v) is 9.68. The van der Waals surface area contributed by atoms with Gasteiger partial charge in [0.15, 0.2) is 5.82 Å². The first kappa shape index (κ1) is 15.4. The molecule has 0 spiro atoms. The summed E-state index contributed by atoms with van der Waals surface area (Å²) in [5.41, 5.74) is 0.114. The fourth-order valence-corrected chi connectivity index (χ4v) is 5.00. The van der Waals surface area contributed by atoms with E-state index in [4.69, 9.17) is 9.72 Å². The number of hydrogen-bond acceptors (Lipinski definition) is 7. The third-order valence-corrected chi connectivity index (χ3v) is 6.56. The Balaban J connectivity index is 1.30. The molecule has 132 valence electrons. The molecule has 2 saturated carbocycles. The van der Waals surface area contributed by atoms with Gasteiger partial charge in [0.25, 0.3) is 0 Å². The highest BCUT2D eigenvalue weighted by Gasteiger charge is 2.51. The normalized spacial score (nSPS) is 28.4. The highest BCUT2D eigenvalue weighted by atomic mass is 32.1. The third kappa shape index (κ3) is 2.86. The minimum Gasteiger partial charge on any atom is -0.463 e. The summed E-state index contributed by atoms with van der Waals surface area (Å²) in [6.45, 7) is 2.54. The number of fused-ring (bicyclic) bond motifs is 1. The Kier molecular flexibility index (Phi) is 3.62. The molecular formula is C17H20FN5OS. The molecule has 3 aliphatic rings. The van der Waals surface area contributed by atoms with E-state index in [1.54, 1.807) is 0 Å². The van der Waals surface area contributed by atoms with E-state index < -0.39 is 5.82 Å². The first-order valence-electron chi connectivity index (χ1n) is 8.91. The van der Waals surface area contributed by atoms with Gasteiger partial charge in [-0.15, -0.1) is 0 Å². The van der Waals surface area contributed by atoms with Crippen LogP contribution in [0.3, 0.4) is 0 Å². The van der Waals surface area contributed by atoms with Crippen molar-refractivity contribution < 1.29 is 9.13 Å². The fourth-order valence-electron chi connectivity index (χ4n) is 4.24. The highest BCUT2D eigenvalue weighted by Crippen LogP contribution is 2.50. The summed E-state index contributed by atoms with van der Waals surface area (Å²) in [6, 6.07) is 0.256. The first-order chi connectivity index (χ1) is 12.2. The Labute approximate surface area is 149 Å². The second kappa shape index (κ2) is 5.86. The van der Waals surface area contributed by atoms with Crippen molar-refractivity contribution in [3.05, 3.63) is 24.0 Å². The summed E-state index contributed by atoms with van der Waals surface area (Å²) in [5.74, 6) is 1.78. The summed E-state index contributed by atoms with van der Waals surface area (Å²) in [4.78, 5) is 15.0. The SMILES string of the molecule is Fc1cnc(OCC23CCCC2CN(c2nc(C4CC4)ns2)C3)nc1. The van der Waals surface area contributed by atoms with Crippen molar-refractivity contribution in [1.29, 1.82) is 0 Å². The largest absolute Gasteiger partial charge is 0.463 e. The number of nitrogens with zero attached hydrogens (tertiary/aromatic N) is 5. The predicted octanol–water partition coefficient (Wildman–Crippen LogP) is 3.03.